The third kappa shape index (κ3) is 5.05. The number of anilines is 1. The molecule has 8 heteroatoms. The quantitative estimate of drug-likeness (QED) is 0.788. The zero-order chi connectivity index (χ0) is 18.4. The normalized spacial score (nSPS) is 14.8. The molecule has 0 aliphatic heterocycles. The van der Waals surface area contributed by atoms with Gasteiger partial charge in [0, 0.05) is 5.69 Å². The molecule has 0 saturated heterocycles. The fourth-order valence-corrected chi connectivity index (χ4v) is 3.02. The molecule has 0 spiro atoms. The molecule has 8 nitrogen and oxygen atoms in total. The van der Waals surface area contributed by atoms with Crippen LogP contribution in [0, 0.1) is 5.92 Å². The standard InChI is InChI=1S/C18H22N4O4/c23-17(11-22-10-16(18(24)25)20-21-22)19-14-6-8-15(9-7-14)26-12-13-4-2-1-3-5-13/h6-10,13H,1-5,11-12H2,(H,19,23)(H,24,25). The number of hydrogen-bond acceptors (Lipinski definition) is 5. The number of carbonyl (C=O) groups excluding carboxylic acids is 1. The van der Waals surface area contributed by atoms with Gasteiger partial charge in [-0.05, 0) is 43.0 Å². The van der Waals surface area contributed by atoms with Gasteiger partial charge < -0.3 is 15.2 Å². The number of aromatic nitrogens is 3. The van der Waals surface area contributed by atoms with Gasteiger partial charge in [0.1, 0.15) is 12.3 Å². The minimum absolute atomic E-state index is 0.111. The first-order valence-corrected chi connectivity index (χ1v) is 8.76. The van der Waals surface area contributed by atoms with Crippen molar-refractivity contribution < 1.29 is 19.4 Å². The van der Waals surface area contributed by atoms with Gasteiger partial charge in [-0.25, -0.2) is 9.48 Å². The summed E-state index contributed by atoms with van der Waals surface area (Å²) >= 11 is 0. The number of carbonyl (C=O) groups is 2. The topological polar surface area (TPSA) is 106 Å². The summed E-state index contributed by atoms with van der Waals surface area (Å²) in [5, 5.41) is 18.6. The van der Waals surface area contributed by atoms with Crippen LogP contribution in [0.15, 0.2) is 30.5 Å². The van der Waals surface area contributed by atoms with Crippen LogP contribution in [0.1, 0.15) is 42.6 Å². The lowest BCUT2D eigenvalue weighted by Gasteiger charge is -2.21. The van der Waals surface area contributed by atoms with Crippen LogP contribution >= 0.6 is 0 Å². The van der Waals surface area contributed by atoms with E-state index in [1.807, 2.05) is 12.1 Å². The lowest BCUT2D eigenvalue weighted by Crippen LogP contribution is -2.19. The molecule has 0 atom stereocenters. The van der Waals surface area contributed by atoms with Crippen molar-refractivity contribution in [1.82, 2.24) is 15.0 Å². The highest BCUT2D eigenvalue weighted by molar-refractivity contribution is 5.90. The Morgan fingerprint density at radius 3 is 2.58 bits per heavy atom. The van der Waals surface area contributed by atoms with Crippen molar-refractivity contribution in [2.75, 3.05) is 11.9 Å². The second-order valence-electron chi connectivity index (χ2n) is 6.49. The van der Waals surface area contributed by atoms with E-state index in [0.29, 0.717) is 11.6 Å². The zero-order valence-electron chi connectivity index (χ0n) is 14.4. The molecule has 2 N–H and O–H groups in total. The van der Waals surface area contributed by atoms with Gasteiger partial charge in [-0.1, -0.05) is 24.5 Å². The van der Waals surface area contributed by atoms with Crippen molar-refractivity contribution in [3.8, 4) is 5.75 Å². The van der Waals surface area contributed by atoms with Crippen molar-refractivity contribution in [3.05, 3.63) is 36.2 Å². The molecule has 1 fully saturated rings. The molecule has 1 heterocycles. The van der Waals surface area contributed by atoms with E-state index in [1.165, 1.54) is 43.0 Å². The SMILES string of the molecule is O=C(Cn1cc(C(=O)O)nn1)Nc1ccc(OCC2CCCCC2)cc1. The molecule has 0 unspecified atom stereocenters. The van der Waals surface area contributed by atoms with Gasteiger partial charge in [0.25, 0.3) is 0 Å². The number of hydrogen-bond donors (Lipinski definition) is 2. The van der Waals surface area contributed by atoms with Crippen molar-refractivity contribution in [2.45, 2.75) is 38.6 Å². The summed E-state index contributed by atoms with van der Waals surface area (Å²) in [6.07, 6.45) is 7.60. The summed E-state index contributed by atoms with van der Waals surface area (Å²) < 4.78 is 7.02. The first-order valence-electron chi connectivity index (χ1n) is 8.76. The molecule has 1 aliphatic carbocycles. The van der Waals surface area contributed by atoms with Gasteiger partial charge in [0.2, 0.25) is 5.91 Å². The molecule has 138 valence electrons. The van der Waals surface area contributed by atoms with E-state index in [1.54, 1.807) is 12.1 Å². The molecule has 26 heavy (non-hydrogen) atoms. The van der Waals surface area contributed by atoms with Crippen LogP contribution in [0.3, 0.4) is 0 Å². The highest BCUT2D eigenvalue weighted by atomic mass is 16.5. The van der Waals surface area contributed by atoms with Gasteiger partial charge in [-0.2, -0.15) is 0 Å². The minimum atomic E-state index is -1.18. The maximum atomic E-state index is 12.0. The van der Waals surface area contributed by atoms with Crippen molar-refractivity contribution in [3.63, 3.8) is 0 Å². The Bertz CT molecular complexity index is 751. The van der Waals surface area contributed by atoms with Crippen LogP contribution in [0.5, 0.6) is 5.75 Å². The van der Waals surface area contributed by atoms with Crippen LogP contribution < -0.4 is 10.1 Å². The van der Waals surface area contributed by atoms with Gasteiger partial charge in [0.05, 0.1) is 12.8 Å². The van der Waals surface area contributed by atoms with Crippen molar-refractivity contribution in [1.29, 1.82) is 0 Å². The van der Waals surface area contributed by atoms with Crippen LogP contribution in [-0.2, 0) is 11.3 Å². The Kier molecular flexibility index (Phi) is 5.83. The predicted octanol–water partition coefficient (Wildman–Crippen LogP) is 2.57. The van der Waals surface area contributed by atoms with E-state index < -0.39 is 5.97 Å². The Morgan fingerprint density at radius 2 is 1.92 bits per heavy atom. The fourth-order valence-electron chi connectivity index (χ4n) is 3.02. The van der Waals surface area contributed by atoms with Crippen molar-refractivity contribution >= 4 is 17.6 Å². The molecular weight excluding hydrogens is 336 g/mol. The summed E-state index contributed by atoms with van der Waals surface area (Å²) in [6.45, 7) is 0.629. The number of benzene rings is 1. The summed E-state index contributed by atoms with van der Waals surface area (Å²) in [5.74, 6) is -0.0689. The first-order chi connectivity index (χ1) is 12.6. The van der Waals surface area contributed by atoms with Gasteiger partial charge in [-0.15, -0.1) is 5.10 Å². The van der Waals surface area contributed by atoms with E-state index >= 15 is 0 Å². The largest absolute Gasteiger partial charge is 0.493 e. The fraction of sp³-hybridized carbons (Fsp3) is 0.444. The van der Waals surface area contributed by atoms with E-state index in [-0.39, 0.29) is 18.1 Å². The summed E-state index contributed by atoms with van der Waals surface area (Å²) in [7, 11) is 0. The number of nitrogens with one attached hydrogen (secondary N) is 1. The van der Waals surface area contributed by atoms with Crippen LogP contribution in [0.4, 0.5) is 5.69 Å². The minimum Gasteiger partial charge on any atom is -0.493 e. The van der Waals surface area contributed by atoms with Gasteiger partial charge >= 0.3 is 5.97 Å². The zero-order valence-corrected chi connectivity index (χ0v) is 14.4. The maximum absolute atomic E-state index is 12.0. The average molecular weight is 358 g/mol. The molecule has 1 amide bonds. The first kappa shape index (κ1) is 17.9. The molecule has 1 aromatic heterocycles. The smallest absolute Gasteiger partial charge is 0.358 e. The molecule has 3 rings (SSSR count). The number of aromatic carboxylic acids is 1. The monoisotopic (exact) mass is 358 g/mol. The number of nitrogens with zero attached hydrogens (tertiary/aromatic N) is 3. The second-order valence-corrected chi connectivity index (χ2v) is 6.49. The second kappa shape index (κ2) is 8.46. The third-order valence-corrected chi connectivity index (χ3v) is 4.41. The molecular formula is C18H22N4O4. The average Bonchev–Trinajstić information content (AvgIpc) is 3.11. The molecule has 0 bridgehead atoms. The van der Waals surface area contributed by atoms with Gasteiger partial charge in [0.15, 0.2) is 5.69 Å². The van der Waals surface area contributed by atoms with E-state index in [2.05, 4.69) is 15.6 Å². The molecule has 0 radical (unpaired) electrons. The number of amides is 1. The number of ether oxygens (including phenoxy) is 1. The molecule has 1 saturated carbocycles. The lowest BCUT2D eigenvalue weighted by atomic mass is 9.90. The summed E-state index contributed by atoms with van der Waals surface area (Å²) in [5.41, 5.74) is 0.441. The highest BCUT2D eigenvalue weighted by Crippen LogP contribution is 2.25. The number of rotatable bonds is 7. The summed E-state index contributed by atoms with van der Waals surface area (Å²) in [4.78, 5) is 22.7. The Labute approximate surface area is 151 Å². The van der Waals surface area contributed by atoms with Crippen LogP contribution in [0.25, 0.3) is 0 Å². The Morgan fingerprint density at radius 1 is 1.19 bits per heavy atom. The molecule has 2 aromatic rings. The van der Waals surface area contributed by atoms with E-state index in [9.17, 15) is 9.59 Å². The predicted molar refractivity (Wildman–Crippen MR) is 94.1 cm³/mol. The molecule has 1 aromatic carbocycles. The van der Waals surface area contributed by atoms with E-state index in [4.69, 9.17) is 9.84 Å². The lowest BCUT2D eigenvalue weighted by molar-refractivity contribution is -0.116. The Hall–Kier alpha value is -2.90. The van der Waals surface area contributed by atoms with Gasteiger partial charge in [-0.3, -0.25) is 4.79 Å². The van der Waals surface area contributed by atoms with Crippen LogP contribution in [0.2, 0.25) is 0 Å². The highest BCUT2D eigenvalue weighted by Gasteiger charge is 2.14. The van der Waals surface area contributed by atoms with E-state index in [0.717, 1.165) is 12.4 Å². The summed E-state index contributed by atoms with van der Waals surface area (Å²) in [6, 6.07) is 7.21. The molecule has 1 aliphatic rings. The third-order valence-electron chi connectivity index (χ3n) is 4.41. The van der Waals surface area contributed by atoms with Crippen molar-refractivity contribution in [2.24, 2.45) is 5.92 Å². The number of carboxylic acids is 1. The van der Waals surface area contributed by atoms with Crippen LogP contribution in [-0.4, -0.2) is 38.6 Å². The Balaban J connectivity index is 1.46. The number of carboxylic acid groups (broad SMARTS) is 1. The maximum Gasteiger partial charge on any atom is 0.358 e.